The van der Waals surface area contributed by atoms with E-state index in [1.54, 1.807) is 6.92 Å². The number of Topliss-reactive ketones (excluding diaryl/α,β-unsaturated/α-hetero) is 1. The Kier molecular flexibility index (Phi) is 3.71. The molecule has 2 atom stereocenters. The Morgan fingerprint density at radius 1 is 1.39 bits per heavy atom. The lowest BCUT2D eigenvalue weighted by molar-refractivity contribution is -0.151. The number of ketones is 1. The molecule has 2 aliphatic carbocycles. The van der Waals surface area contributed by atoms with Gasteiger partial charge in [-0.2, -0.15) is 0 Å². The third-order valence-electron chi connectivity index (χ3n) is 3.43. The summed E-state index contributed by atoms with van der Waals surface area (Å²) in [6, 6.07) is 0. The first-order valence-electron chi connectivity index (χ1n) is 6.35. The second kappa shape index (κ2) is 5.10. The monoisotopic (exact) mass is 254 g/mol. The maximum Gasteiger partial charge on any atom is 0.309 e. The van der Waals surface area contributed by atoms with Gasteiger partial charge < -0.3 is 14.9 Å². The molecule has 0 aromatic carbocycles. The topological polar surface area (TPSA) is 83.8 Å². The predicted octanol–water partition coefficient (Wildman–Crippen LogP) is 1.11. The highest BCUT2D eigenvalue weighted by Gasteiger charge is 2.40. The van der Waals surface area contributed by atoms with Gasteiger partial charge >= 0.3 is 5.97 Å². The molecule has 2 fully saturated rings. The number of hydrogen-bond donors (Lipinski definition) is 2. The van der Waals surface area contributed by atoms with Crippen LogP contribution in [0.3, 0.4) is 0 Å². The molecule has 0 radical (unpaired) electrons. The maximum atomic E-state index is 11.9. The first-order valence-corrected chi connectivity index (χ1v) is 6.35. The van der Waals surface area contributed by atoms with Crippen molar-refractivity contribution in [1.82, 2.24) is 0 Å². The Labute approximate surface area is 105 Å². The lowest BCUT2D eigenvalue weighted by Crippen LogP contribution is -2.35. The molecule has 0 aromatic rings. The van der Waals surface area contributed by atoms with E-state index >= 15 is 0 Å². The van der Waals surface area contributed by atoms with Crippen LogP contribution in [0.1, 0.15) is 32.6 Å². The fourth-order valence-electron chi connectivity index (χ4n) is 2.32. The van der Waals surface area contributed by atoms with Crippen LogP contribution in [0.4, 0.5) is 0 Å². The molecule has 0 amide bonds. The predicted molar refractivity (Wildman–Crippen MR) is 62.7 cm³/mol. The van der Waals surface area contributed by atoms with Crippen LogP contribution in [-0.4, -0.2) is 34.7 Å². The zero-order chi connectivity index (χ0) is 13.3. The third-order valence-corrected chi connectivity index (χ3v) is 3.43. The van der Waals surface area contributed by atoms with Crippen LogP contribution in [0.2, 0.25) is 0 Å². The van der Waals surface area contributed by atoms with Crippen molar-refractivity contribution < 1.29 is 24.5 Å². The fourth-order valence-corrected chi connectivity index (χ4v) is 2.32. The summed E-state index contributed by atoms with van der Waals surface area (Å²) in [4.78, 5) is 23.5. The third kappa shape index (κ3) is 2.56. The van der Waals surface area contributed by atoms with Crippen molar-refractivity contribution in [3.05, 3.63) is 11.3 Å². The zero-order valence-electron chi connectivity index (χ0n) is 10.4. The number of rotatable bonds is 3. The highest BCUT2D eigenvalue weighted by molar-refractivity contribution is 6.00. The molecule has 2 saturated carbocycles. The minimum atomic E-state index is -1.05. The van der Waals surface area contributed by atoms with Crippen molar-refractivity contribution in [3.8, 4) is 0 Å². The molecule has 2 aliphatic rings. The number of hydrogen-bond acceptors (Lipinski definition) is 5. The molecule has 18 heavy (non-hydrogen) atoms. The molecule has 0 saturated heterocycles. The number of aliphatic hydroxyl groups is 2. The molecule has 2 rings (SSSR count). The van der Waals surface area contributed by atoms with Crippen molar-refractivity contribution in [2.75, 3.05) is 6.61 Å². The van der Waals surface area contributed by atoms with E-state index in [4.69, 9.17) is 4.74 Å². The Bertz CT molecular complexity index is 394. The van der Waals surface area contributed by atoms with Gasteiger partial charge in [-0.15, -0.1) is 0 Å². The lowest BCUT2D eigenvalue weighted by Gasteiger charge is -2.26. The SMILES string of the molecule is CCOC(=O)C1CC(=O)C(=C(O)C2CC2)C(O)C1. The van der Waals surface area contributed by atoms with Crippen LogP contribution < -0.4 is 0 Å². The quantitative estimate of drug-likeness (QED) is 0.448. The van der Waals surface area contributed by atoms with Crippen molar-refractivity contribution >= 4 is 11.8 Å². The van der Waals surface area contributed by atoms with E-state index in [-0.39, 0.29) is 42.5 Å². The standard InChI is InChI=1S/C13H18O5/c1-2-18-13(17)8-5-9(14)11(10(15)6-8)12(16)7-3-4-7/h7-9,14,16H,2-6H2,1H3. The van der Waals surface area contributed by atoms with Gasteiger partial charge in [0.05, 0.1) is 24.2 Å². The molecule has 0 spiro atoms. The van der Waals surface area contributed by atoms with E-state index in [1.165, 1.54) is 0 Å². The Morgan fingerprint density at radius 2 is 2.06 bits per heavy atom. The van der Waals surface area contributed by atoms with Gasteiger partial charge in [-0.25, -0.2) is 0 Å². The largest absolute Gasteiger partial charge is 0.512 e. The van der Waals surface area contributed by atoms with Gasteiger partial charge in [-0.1, -0.05) is 0 Å². The van der Waals surface area contributed by atoms with Crippen molar-refractivity contribution in [3.63, 3.8) is 0 Å². The molecular weight excluding hydrogens is 236 g/mol. The summed E-state index contributed by atoms with van der Waals surface area (Å²) >= 11 is 0. The zero-order valence-corrected chi connectivity index (χ0v) is 10.4. The lowest BCUT2D eigenvalue weighted by atomic mass is 9.81. The molecule has 2 unspecified atom stereocenters. The van der Waals surface area contributed by atoms with Gasteiger partial charge in [-0.05, 0) is 26.2 Å². The van der Waals surface area contributed by atoms with Gasteiger partial charge in [0.2, 0.25) is 0 Å². The van der Waals surface area contributed by atoms with Crippen molar-refractivity contribution in [1.29, 1.82) is 0 Å². The summed E-state index contributed by atoms with van der Waals surface area (Å²) in [6.45, 7) is 1.96. The van der Waals surface area contributed by atoms with E-state index in [0.29, 0.717) is 0 Å². The second-order valence-electron chi connectivity index (χ2n) is 4.90. The normalized spacial score (nSPS) is 31.1. The van der Waals surface area contributed by atoms with E-state index in [0.717, 1.165) is 12.8 Å². The fraction of sp³-hybridized carbons (Fsp3) is 0.692. The highest BCUT2D eigenvalue weighted by atomic mass is 16.5. The van der Waals surface area contributed by atoms with Crippen LogP contribution >= 0.6 is 0 Å². The number of carbonyl (C=O) groups is 2. The minimum Gasteiger partial charge on any atom is -0.512 e. The van der Waals surface area contributed by atoms with Crippen molar-refractivity contribution in [2.24, 2.45) is 11.8 Å². The Hall–Kier alpha value is -1.36. The summed E-state index contributed by atoms with van der Waals surface area (Å²) in [6.07, 6.45) is 0.827. The summed E-state index contributed by atoms with van der Waals surface area (Å²) in [7, 11) is 0. The van der Waals surface area contributed by atoms with E-state index in [1.807, 2.05) is 0 Å². The van der Waals surface area contributed by atoms with E-state index in [9.17, 15) is 19.8 Å². The smallest absolute Gasteiger partial charge is 0.309 e. The van der Waals surface area contributed by atoms with Crippen LogP contribution in [0, 0.1) is 11.8 Å². The summed E-state index contributed by atoms with van der Waals surface area (Å²) in [5.74, 6) is -1.33. The average Bonchev–Trinajstić information content (AvgIpc) is 3.11. The number of esters is 1. The number of ether oxygens (including phenoxy) is 1. The van der Waals surface area contributed by atoms with Gasteiger partial charge in [-0.3, -0.25) is 9.59 Å². The summed E-state index contributed by atoms with van der Waals surface area (Å²) in [5.41, 5.74) is 0.109. The molecule has 5 heteroatoms. The van der Waals surface area contributed by atoms with Crippen LogP contribution in [-0.2, 0) is 14.3 Å². The van der Waals surface area contributed by atoms with Crippen LogP contribution in [0.15, 0.2) is 11.3 Å². The van der Waals surface area contributed by atoms with E-state index < -0.39 is 18.0 Å². The number of aliphatic hydroxyl groups excluding tert-OH is 2. The molecule has 0 aliphatic heterocycles. The highest BCUT2D eigenvalue weighted by Crippen LogP contribution is 2.39. The Morgan fingerprint density at radius 3 is 2.56 bits per heavy atom. The molecule has 2 N–H and O–H groups in total. The molecule has 5 nitrogen and oxygen atoms in total. The van der Waals surface area contributed by atoms with Crippen LogP contribution in [0.25, 0.3) is 0 Å². The first kappa shape index (κ1) is 13.1. The minimum absolute atomic E-state index is 0.0159. The van der Waals surface area contributed by atoms with Crippen LogP contribution in [0.5, 0.6) is 0 Å². The maximum absolute atomic E-state index is 11.9. The summed E-state index contributed by atoms with van der Waals surface area (Å²) in [5, 5.41) is 19.8. The summed E-state index contributed by atoms with van der Waals surface area (Å²) < 4.78 is 4.85. The van der Waals surface area contributed by atoms with Gasteiger partial charge in [0.25, 0.3) is 0 Å². The molecule has 0 heterocycles. The molecule has 0 aromatic heterocycles. The van der Waals surface area contributed by atoms with Gasteiger partial charge in [0.1, 0.15) is 5.76 Å². The molecule has 100 valence electrons. The number of allylic oxidation sites excluding steroid dienone is 1. The average molecular weight is 254 g/mol. The van der Waals surface area contributed by atoms with E-state index in [2.05, 4.69) is 0 Å². The second-order valence-corrected chi connectivity index (χ2v) is 4.90. The Balaban J connectivity index is 2.10. The molecular formula is C13H18O5. The van der Waals surface area contributed by atoms with Crippen molar-refractivity contribution in [2.45, 2.75) is 38.7 Å². The van der Waals surface area contributed by atoms with Gasteiger partial charge in [0, 0.05) is 12.3 Å². The molecule has 0 bridgehead atoms. The van der Waals surface area contributed by atoms with Gasteiger partial charge in [0.15, 0.2) is 5.78 Å². The first-order chi connectivity index (χ1) is 8.54. The number of carbonyl (C=O) groups excluding carboxylic acids is 2.